The van der Waals surface area contributed by atoms with Crippen molar-refractivity contribution in [3.8, 4) is 11.3 Å². The predicted molar refractivity (Wildman–Crippen MR) is 94.0 cm³/mol. The molecule has 2 aromatic carbocycles. The molecule has 5 nitrogen and oxygen atoms in total. The van der Waals surface area contributed by atoms with Crippen LogP contribution in [0.4, 0.5) is 5.69 Å². The van der Waals surface area contributed by atoms with E-state index in [0.29, 0.717) is 35.0 Å². The van der Waals surface area contributed by atoms with Crippen molar-refractivity contribution in [2.45, 2.75) is 6.42 Å². The van der Waals surface area contributed by atoms with Crippen molar-refractivity contribution in [1.82, 2.24) is 5.16 Å². The molecular weight excluding hydrogens is 340 g/mol. The lowest BCUT2D eigenvalue weighted by atomic mass is 10.00. The molecule has 0 N–H and O–H groups in total. The van der Waals surface area contributed by atoms with E-state index in [1.165, 1.54) is 0 Å². The smallest absolute Gasteiger partial charge is 0.280 e. The number of amides is 1. The summed E-state index contributed by atoms with van der Waals surface area (Å²) in [6, 6.07) is 15.8. The minimum atomic E-state index is -0.288. The molecule has 1 amide bonds. The Hall–Kier alpha value is -2.92. The third kappa shape index (κ3) is 2.83. The van der Waals surface area contributed by atoms with Crippen LogP contribution in [0.25, 0.3) is 11.3 Å². The van der Waals surface area contributed by atoms with Gasteiger partial charge in [-0.15, -0.1) is 0 Å². The van der Waals surface area contributed by atoms with Crippen molar-refractivity contribution >= 4 is 29.0 Å². The quantitative estimate of drug-likeness (QED) is 0.692. The summed E-state index contributed by atoms with van der Waals surface area (Å²) in [5, 5.41) is 4.52. The molecule has 1 aliphatic heterocycles. The summed E-state index contributed by atoms with van der Waals surface area (Å²) in [6.45, 7) is 0.331. The van der Waals surface area contributed by atoms with Crippen LogP contribution in [-0.2, 0) is 0 Å². The van der Waals surface area contributed by atoms with E-state index in [1.54, 1.807) is 59.5 Å². The van der Waals surface area contributed by atoms with Crippen LogP contribution in [0.3, 0.4) is 0 Å². The fraction of sp³-hybridized carbons (Fsp3) is 0.105. The first kappa shape index (κ1) is 15.6. The van der Waals surface area contributed by atoms with E-state index >= 15 is 0 Å². The predicted octanol–water partition coefficient (Wildman–Crippen LogP) is 4.23. The van der Waals surface area contributed by atoms with Crippen LogP contribution in [0, 0.1) is 0 Å². The van der Waals surface area contributed by atoms with Gasteiger partial charge in [0.15, 0.2) is 17.2 Å². The number of carbonyl (C=O) groups is 2. The molecule has 2 heterocycles. The van der Waals surface area contributed by atoms with Crippen molar-refractivity contribution in [3.05, 3.63) is 70.9 Å². The summed E-state index contributed by atoms with van der Waals surface area (Å²) in [4.78, 5) is 26.4. The van der Waals surface area contributed by atoms with Gasteiger partial charge in [0.05, 0.1) is 5.69 Å². The molecule has 0 saturated carbocycles. The van der Waals surface area contributed by atoms with Gasteiger partial charge >= 0.3 is 0 Å². The average molecular weight is 353 g/mol. The number of fused-ring (bicyclic) bond motifs is 1. The van der Waals surface area contributed by atoms with Crippen LogP contribution >= 0.6 is 11.6 Å². The van der Waals surface area contributed by atoms with Crippen LogP contribution < -0.4 is 4.90 Å². The second-order valence-electron chi connectivity index (χ2n) is 5.73. The Labute approximate surface area is 148 Å². The Balaban J connectivity index is 1.65. The topological polar surface area (TPSA) is 63.4 Å². The van der Waals surface area contributed by atoms with E-state index in [9.17, 15) is 9.59 Å². The van der Waals surface area contributed by atoms with Gasteiger partial charge < -0.3 is 9.42 Å². The Morgan fingerprint density at radius 2 is 1.88 bits per heavy atom. The minimum absolute atomic E-state index is 0.0432. The molecule has 25 heavy (non-hydrogen) atoms. The van der Waals surface area contributed by atoms with Gasteiger partial charge in [0.1, 0.15) is 0 Å². The highest BCUT2D eigenvalue weighted by Crippen LogP contribution is 2.29. The molecule has 4 rings (SSSR count). The van der Waals surface area contributed by atoms with E-state index in [-0.39, 0.29) is 17.4 Å². The van der Waals surface area contributed by atoms with E-state index in [1.807, 2.05) is 0 Å². The number of hydrogen-bond donors (Lipinski definition) is 0. The normalized spacial score (nSPS) is 13.6. The molecule has 0 unspecified atom stereocenters. The number of anilines is 1. The summed E-state index contributed by atoms with van der Waals surface area (Å²) in [7, 11) is 0. The molecule has 0 bridgehead atoms. The summed E-state index contributed by atoms with van der Waals surface area (Å²) in [5.41, 5.74) is 2.16. The first-order valence-corrected chi connectivity index (χ1v) is 8.18. The molecule has 0 atom stereocenters. The van der Waals surface area contributed by atoms with Crippen molar-refractivity contribution in [1.29, 1.82) is 0 Å². The number of carbonyl (C=O) groups excluding carboxylic acids is 2. The number of para-hydroxylation sites is 1. The summed E-state index contributed by atoms with van der Waals surface area (Å²) < 4.78 is 5.30. The molecule has 0 spiro atoms. The maximum absolute atomic E-state index is 12.8. The average Bonchev–Trinajstić information content (AvgIpc) is 3.12. The Morgan fingerprint density at radius 3 is 2.68 bits per heavy atom. The molecule has 124 valence electrons. The maximum Gasteiger partial charge on any atom is 0.280 e. The number of benzene rings is 2. The van der Waals surface area contributed by atoms with Gasteiger partial charge in [0, 0.05) is 35.2 Å². The number of aromatic nitrogens is 1. The summed E-state index contributed by atoms with van der Waals surface area (Å²) >= 11 is 5.88. The number of halogens is 1. The first-order valence-electron chi connectivity index (χ1n) is 7.80. The summed E-state index contributed by atoms with van der Waals surface area (Å²) in [6.07, 6.45) is 0.296. The SMILES string of the molecule is O=C1CCN(C(=O)c2cc(-c3ccc(Cl)cc3)on2)c2ccccc21. The number of hydrogen-bond acceptors (Lipinski definition) is 4. The largest absolute Gasteiger partial charge is 0.355 e. The first-order chi connectivity index (χ1) is 12.1. The molecular formula is C19H13ClN2O3. The lowest BCUT2D eigenvalue weighted by Crippen LogP contribution is -2.37. The van der Waals surface area contributed by atoms with Crippen molar-refractivity contribution in [2.75, 3.05) is 11.4 Å². The van der Waals surface area contributed by atoms with Crippen LogP contribution in [0.5, 0.6) is 0 Å². The molecule has 0 saturated heterocycles. The Bertz CT molecular complexity index is 963. The monoisotopic (exact) mass is 352 g/mol. The molecule has 1 aliphatic rings. The third-order valence-electron chi connectivity index (χ3n) is 4.16. The van der Waals surface area contributed by atoms with Gasteiger partial charge in [0.25, 0.3) is 5.91 Å². The van der Waals surface area contributed by atoms with E-state index < -0.39 is 0 Å². The van der Waals surface area contributed by atoms with Gasteiger partial charge in [-0.3, -0.25) is 9.59 Å². The molecule has 3 aromatic rings. The fourth-order valence-electron chi connectivity index (χ4n) is 2.89. The van der Waals surface area contributed by atoms with Crippen molar-refractivity contribution < 1.29 is 14.1 Å². The van der Waals surface area contributed by atoms with E-state index in [0.717, 1.165) is 5.56 Å². The lowest BCUT2D eigenvalue weighted by molar-refractivity contribution is 0.0950. The van der Waals surface area contributed by atoms with Gasteiger partial charge in [-0.25, -0.2) is 0 Å². The Morgan fingerprint density at radius 1 is 1.12 bits per heavy atom. The number of rotatable bonds is 2. The number of ketones is 1. The van der Waals surface area contributed by atoms with Crippen LogP contribution in [0.15, 0.2) is 59.1 Å². The number of nitrogens with zero attached hydrogens (tertiary/aromatic N) is 2. The van der Waals surface area contributed by atoms with Gasteiger partial charge in [-0.2, -0.15) is 0 Å². The molecule has 0 radical (unpaired) electrons. The van der Waals surface area contributed by atoms with Gasteiger partial charge in [0.2, 0.25) is 0 Å². The zero-order valence-electron chi connectivity index (χ0n) is 13.1. The second kappa shape index (κ2) is 6.18. The van der Waals surface area contributed by atoms with E-state index in [2.05, 4.69) is 5.16 Å². The molecule has 1 aromatic heterocycles. The standard InChI is InChI=1S/C19H13ClN2O3/c20-13-7-5-12(6-8-13)18-11-15(21-25-18)19(24)22-10-9-17(23)14-3-1-2-4-16(14)22/h1-8,11H,9-10H2. The molecule has 6 heteroatoms. The van der Waals surface area contributed by atoms with Crippen LogP contribution in [-0.4, -0.2) is 23.4 Å². The Kier molecular flexibility index (Phi) is 3.86. The second-order valence-corrected chi connectivity index (χ2v) is 6.17. The number of Topliss-reactive ketones (excluding diaryl/α,β-unsaturated/α-hetero) is 1. The van der Waals surface area contributed by atoms with Crippen LogP contribution in [0.2, 0.25) is 5.02 Å². The van der Waals surface area contributed by atoms with Crippen molar-refractivity contribution in [3.63, 3.8) is 0 Å². The van der Waals surface area contributed by atoms with Gasteiger partial charge in [-0.05, 0) is 36.4 Å². The van der Waals surface area contributed by atoms with Gasteiger partial charge in [-0.1, -0.05) is 28.9 Å². The third-order valence-corrected chi connectivity index (χ3v) is 4.41. The highest BCUT2D eigenvalue weighted by atomic mass is 35.5. The van der Waals surface area contributed by atoms with E-state index in [4.69, 9.17) is 16.1 Å². The summed E-state index contributed by atoms with van der Waals surface area (Å²) in [5.74, 6) is 0.243. The minimum Gasteiger partial charge on any atom is -0.355 e. The highest BCUT2D eigenvalue weighted by molar-refractivity contribution is 6.30. The zero-order valence-corrected chi connectivity index (χ0v) is 13.9. The fourth-order valence-corrected chi connectivity index (χ4v) is 3.01. The highest BCUT2D eigenvalue weighted by Gasteiger charge is 2.29. The zero-order chi connectivity index (χ0) is 17.4. The maximum atomic E-state index is 12.8. The lowest BCUT2D eigenvalue weighted by Gasteiger charge is -2.27. The molecule has 0 aliphatic carbocycles. The van der Waals surface area contributed by atoms with Crippen LogP contribution in [0.1, 0.15) is 27.3 Å². The van der Waals surface area contributed by atoms with Crippen molar-refractivity contribution in [2.24, 2.45) is 0 Å². The molecule has 0 fully saturated rings.